The number of amides is 3. The third kappa shape index (κ3) is 6.62. The van der Waals surface area contributed by atoms with Gasteiger partial charge in [0.15, 0.2) is 0 Å². The molecule has 3 rings (SSSR count). The lowest BCUT2D eigenvalue weighted by molar-refractivity contribution is -0.121. The molecule has 3 amide bonds. The summed E-state index contributed by atoms with van der Waals surface area (Å²) in [5.41, 5.74) is 1.75. The summed E-state index contributed by atoms with van der Waals surface area (Å²) in [7, 11) is 0. The summed E-state index contributed by atoms with van der Waals surface area (Å²) in [6, 6.07) is 12.7. The molecule has 1 fully saturated rings. The minimum Gasteiger partial charge on any atom is -0.492 e. The van der Waals surface area contributed by atoms with Gasteiger partial charge in [0.1, 0.15) is 5.75 Å². The molecule has 1 heterocycles. The maximum absolute atomic E-state index is 12.0. The maximum Gasteiger partial charge on any atom is 0.290 e. The van der Waals surface area contributed by atoms with Crippen LogP contribution in [0.4, 0.5) is 4.79 Å². The molecular weight excluding hydrogens is 492 g/mol. The van der Waals surface area contributed by atoms with Crippen molar-refractivity contribution in [3.63, 3.8) is 0 Å². The van der Waals surface area contributed by atoms with Gasteiger partial charge in [-0.05, 0) is 75.6 Å². The number of carbonyl (C=O) groups is 3. The van der Waals surface area contributed by atoms with Crippen molar-refractivity contribution in [3.05, 3.63) is 68.0 Å². The molecule has 0 saturated carbocycles. The van der Waals surface area contributed by atoms with Crippen LogP contribution in [0.5, 0.6) is 5.75 Å². The van der Waals surface area contributed by atoms with Crippen molar-refractivity contribution in [2.24, 2.45) is 0 Å². The van der Waals surface area contributed by atoms with E-state index in [-0.39, 0.29) is 11.1 Å². The van der Waals surface area contributed by atoms with Gasteiger partial charge in [-0.1, -0.05) is 29.8 Å². The van der Waals surface area contributed by atoms with Crippen molar-refractivity contribution in [2.75, 3.05) is 6.61 Å². The highest BCUT2D eigenvalue weighted by Crippen LogP contribution is 2.30. The number of carbonyl (C=O) groups excluding carboxylic acids is 3. The number of hydrogen-bond donors (Lipinski definition) is 2. The molecule has 1 aliphatic rings. The maximum atomic E-state index is 12.0. The van der Waals surface area contributed by atoms with Crippen LogP contribution >= 0.6 is 39.3 Å². The summed E-state index contributed by atoms with van der Waals surface area (Å²) >= 11 is 10.2. The van der Waals surface area contributed by atoms with Crippen molar-refractivity contribution < 1.29 is 19.1 Å². The number of imide groups is 1. The highest BCUT2D eigenvalue weighted by atomic mass is 79.9. The Morgan fingerprint density at radius 3 is 2.63 bits per heavy atom. The van der Waals surface area contributed by atoms with E-state index in [0.717, 1.165) is 27.4 Å². The first-order valence-electron chi connectivity index (χ1n) is 9.09. The number of benzene rings is 2. The number of thioether (sulfide) groups is 1. The lowest BCUT2D eigenvalue weighted by Crippen LogP contribution is -2.22. The Morgan fingerprint density at radius 1 is 1.20 bits per heavy atom. The molecule has 0 bridgehead atoms. The smallest absolute Gasteiger partial charge is 0.290 e. The van der Waals surface area contributed by atoms with E-state index in [1.54, 1.807) is 36.4 Å². The lowest BCUT2D eigenvalue weighted by Gasteiger charge is -2.09. The van der Waals surface area contributed by atoms with Crippen molar-refractivity contribution in [1.29, 1.82) is 0 Å². The van der Waals surface area contributed by atoms with Crippen LogP contribution in [0.3, 0.4) is 0 Å². The Hall–Kier alpha value is -2.29. The first-order chi connectivity index (χ1) is 14.4. The molecule has 2 aromatic rings. The summed E-state index contributed by atoms with van der Waals surface area (Å²) in [6.07, 6.45) is 2.57. The zero-order valence-corrected chi connectivity index (χ0v) is 18.9. The van der Waals surface area contributed by atoms with Gasteiger partial charge < -0.3 is 10.1 Å². The molecule has 6 nitrogen and oxygen atoms in total. The average Bonchev–Trinajstić information content (AvgIpc) is 3.03. The van der Waals surface area contributed by atoms with E-state index in [1.165, 1.54) is 0 Å². The standard InChI is InChI=1S/C21H18BrClN2O4S/c22-16-10-14(11-18-20(27)25-21(28)30-18)5-8-17(16)29-9-1-2-19(26)24-12-13-3-6-15(23)7-4-13/h3-8,10-11H,1-2,9,12H2,(H,24,26)(H,25,27,28)/b18-11+. The largest absolute Gasteiger partial charge is 0.492 e. The predicted molar refractivity (Wildman–Crippen MR) is 121 cm³/mol. The number of rotatable bonds is 8. The SMILES string of the molecule is O=C(CCCOc1ccc(/C=C2/SC(=O)NC2=O)cc1Br)NCc1ccc(Cl)cc1. The molecule has 0 radical (unpaired) electrons. The first-order valence-corrected chi connectivity index (χ1v) is 11.1. The second-order valence-electron chi connectivity index (χ2n) is 6.40. The molecule has 0 aromatic heterocycles. The molecule has 0 spiro atoms. The van der Waals surface area contributed by atoms with Gasteiger partial charge in [0, 0.05) is 18.0 Å². The third-order valence-electron chi connectivity index (χ3n) is 4.10. The van der Waals surface area contributed by atoms with Gasteiger partial charge in [-0.15, -0.1) is 0 Å². The van der Waals surface area contributed by atoms with Crippen LogP contribution in [-0.2, 0) is 16.1 Å². The zero-order chi connectivity index (χ0) is 21.5. The summed E-state index contributed by atoms with van der Waals surface area (Å²) in [6.45, 7) is 0.849. The van der Waals surface area contributed by atoms with Gasteiger partial charge in [-0.25, -0.2) is 0 Å². The van der Waals surface area contributed by atoms with Crippen LogP contribution in [0, 0.1) is 0 Å². The van der Waals surface area contributed by atoms with E-state index >= 15 is 0 Å². The van der Waals surface area contributed by atoms with E-state index in [4.69, 9.17) is 16.3 Å². The quantitative estimate of drug-likeness (QED) is 0.390. The molecule has 0 atom stereocenters. The number of ether oxygens (including phenoxy) is 1. The summed E-state index contributed by atoms with van der Waals surface area (Å²) < 4.78 is 6.45. The topological polar surface area (TPSA) is 84.5 Å². The van der Waals surface area contributed by atoms with Crippen LogP contribution in [0.15, 0.2) is 51.8 Å². The first kappa shape index (κ1) is 22.4. The van der Waals surface area contributed by atoms with Crippen molar-refractivity contribution in [3.8, 4) is 5.75 Å². The minimum atomic E-state index is -0.393. The van der Waals surface area contributed by atoms with Crippen molar-refractivity contribution >= 4 is 62.4 Å². The Kier molecular flexibility index (Phi) is 7.95. The predicted octanol–water partition coefficient (Wildman–Crippen LogP) is 4.90. The van der Waals surface area contributed by atoms with Gasteiger partial charge in [-0.2, -0.15) is 0 Å². The highest BCUT2D eigenvalue weighted by Gasteiger charge is 2.24. The van der Waals surface area contributed by atoms with Gasteiger partial charge in [0.2, 0.25) is 5.91 Å². The molecule has 1 aliphatic heterocycles. The van der Waals surface area contributed by atoms with Crippen LogP contribution in [-0.4, -0.2) is 23.7 Å². The van der Waals surface area contributed by atoms with Gasteiger partial charge in [0.25, 0.3) is 11.1 Å². The fraction of sp³-hybridized carbons (Fsp3) is 0.190. The second kappa shape index (κ2) is 10.7. The molecule has 2 N–H and O–H groups in total. The monoisotopic (exact) mass is 508 g/mol. The zero-order valence-electron chi connectivity index (χ0n) is 15.7. The third-order valence-corrected chi connectivity index (χ3v) is 5.79. The van der Waals surface area contributed by atoms with Crippen LogP contribution in [0.2, 0.25) is 5.02 Å². The van der Waals surface area contributed by atoms with Crippen LogP contribution < -0.4 is 15.4 Å². The Morgan fingerprint density at radius 2 is 1.97 bits per heavy atom. The van der Waals surface area contributed by atoms with E-state index < -0.39 is 5.91 Å². The van der Waals surface area contributed by atoms with Gasteiger partial charge in [0.05, 0.1) is 16.0 Å². The van der Waals surface area contributed by atoms with E-state index in [2.05, 4.69) is 26.6 Å². The molecule has 0 unspecified atom stereocenters. The van der Waals surface area contributed by atoms with Crippen molar-refractivity contribution in [2.45, 2.75) is 19.4 Å². The summed E-state index contributed by atoms with van der Waals surface area (Å²) in [4.78, 5) is 35.1. The number of hydrogen-bond acceptors (Lipinski definition) is 5. The molecule has 156 valence electrons. The Balaban J connectivity index is 1.42. The normalized spacial score (nSPS) is 14.7. The fourth-order valence-electron chi connectivity index (χ4n) is 2.60. The molecule has 1 saturated heterocycles. The highest BCUT2D eigenvalue weighted by molar-refractivity contribution is 9.10. The lowest BCUT2D eigenvalue weighted by atomic mass is 10.2. The molecule has 2 aromatic carbocycles. The number of halogens is 2. The fourth-order valence-corrected chi connectivity index (χ4v) is 3.92. The van der Waals surface area contributed by atoms with Gasteiger partial charge >= 0.3 is 0 Å². The minimum absolute atomic E-state index is 0.0449. The average molecular weight is 510 g/mol. The molecule has 0 aliphatic carbocycles. The van der Waals surface area contributed by atoms with Crippen molar-refractivity contribution in [1.82, 2.24) is 10.6 Å². The summed E-state index contributed by atoms with van der Waals surface area (Å²) in [5, 5.41) is 5.37. The van der Waals surface area contributed by atoms with E-state index in [0.29, 0.717) is 41.7 Å². The second-order valence-corrected chi connectivity index (χ2v) is 8.70. The molecule has 30 heavy (non-hydrogen) atoms. The van der Waals surface area contributed by atoms with Crippen LogP contribution in [0.25, 0.3) is 6.08 Å². The molecular formula is C21H18BrClN2O4S. The van der Waals surface area contributed by atoms with E-state index in [1.807, 2.05) is 12.1 Å². The molecule has 9 heteroatoms. The van der Waals surface area contributed by atoms with Gasteiger partial charge in [-0.3, -0.25) is 19.7 Å². The van der Waals surface area contributed by atoms with E-state index in [9.17, 15) is 14.4 Å². The number of nitrogens with one attached hydrogen (secondary N) is 2. The Bertz CT molecular complexity index is 995. The van der Waals surface area contributed by atoms with Crippen LogP contribution in [0.1, 0.15) is 24.0 Å². The summed E-state index contributed by atoms with van der Waals surface area (Å²) in [5.74, 6) is 0.200. The Labute approximate surface area is 191 Å².